The Morgan fingerprint density at radius 3 is 3.00 bits per heavy atom. The van der Waals surface area contributed by atoms with Crippen LogP contribution in [-0.2, 0) is 0 Å². The predicted molar refractivity (Wildman–Crippen MR) is 58.9 cm³/mol. The largest absolute Gasteiger partial charge is 0.321 e. The van der Waals surface area contributed by atoms with E-state index in [0.717, 1.165) is 16.5 Å². The molecule has 0 fully saturated rings. The van der Waals surface area contributed by atoms with Crippen LogP contribution in [0.4, 0.5) is 0 Å². The molecule has 0 bridgehead atoms. The summed E-state index contributed by atoms with van der Waals surface area (Å²) in [6.07, 6.45) is 3.51. The van der Waals surface area contributed by atoms with E-state index in [4.69, 9.17) is 5.73 Å². The summed E-state index contributed by atoms with van der Waals surface area (Å²) in [4.78, 5) is 4.27. The second-order valence-corrected chi connectivity index (χ2v) is 3.22. The molecule has 0 amide bonds. The zero-order chi connectivity index (χ0) is 9.97. The normalized spacial score (nSPS) is 12.6. The van der Waals surface area contributed by atoms with Crippen molar-refractivity contribution >= 4 is 10.9 Å². The van der Waals surface area contributed by atoms with Gasteiger partial charge in [-0.15, -0.1) is 6.58 Å². The van der Waals surface area contributed by atoms with Crippen molar-refractivity contribution in [2.24, 2.45) is 5.73 Å². The standard InChI is InChI=1S/C12H12N2/c1-2-11(13)10-6-5-9-4-3-7-14-12(9)8-10/h2-8,11H,1,13H2/t11-/m1/s1. The van der Waals surface area contributed by atoms with E-state index < -0.39 is 0 Å². The van der Waals surface area contributed by atoms with Gasteiger partial charge in [0.25, 0.3) is 0 Å². The van der Waals surface area contributed by atoms with Crippen LogP contribution in [0.3, 0.4) is 0 Å². The molecular formula is C12H12N2. The number of fused-ring (bicyclic) bond motifs is 1. The van der Waals surface area contributed by atoms with Crippen LogP contribution in [0.25, 0.3) is 10.9 Å². The molecule has 0 saturated heterocycles. The van der Waals surface area contributed by atoms with Gasteiger partial charge >= 0.3 is 0 Å². The molecule has 2 nitrogen and oxygen atoms in total. The van der Waals surface area contributed by atoms with Crippen molar-refractivity contribution in [1.29, 1.82) is 0 Å². The maximum Gasteiger partial charge on any atom is 0.0705 e. The molecule has 2 heteroatoms. The molecule has 0 aliphatic rings. The SMILES string of the molecule is C=C[C@@H](N)c1ccc2cccnc2c1. The predicted octanol–water partition coefficient (Wildman–Crippen LogP) is 2.42. The lowest BCUT2D eigenvalue weighted by Crippen LogP contribution is -2.06. The Hall–Kier alpha value is -1.67. The fraction of sp³-hybridized carbons (Fsp3) is 0.0833. The highest BCUT2D eigenvalue weighted by molar-refractivity contribution is 5.79. The smallest absolute Gasteiger partial charge is 0.0705 e. The van der Waals surface area contributed by atoms with Gasteiger partial charge in [0, 0.05) is 17.6 Å². The first-order chi connectivity index (χ1) is 6.81. The Morgan fingerprint density at radius 1 is 1.36 bits per heavy atom. The summed E-state index contributed by atoms with van der Waals surface area (Å²) in [5.74, 6) is 0. The Balaban J connectivity index is 2.56. The number of aromatic nitrogens is 1. The maximum atomic E-state index is 5.84. The topological polar surface area (TPSA) is 38.9 Å². The molecular weight excluding hydrogens is 172 g/mol. The van der Waals surface area contributed by atoms with E-state index in [-0.39, 0.29) is 6.04 Å². The number of nitrogens with two attached hydrogens (primary N) is 1. The van der Waals surface area contributed by atoms with Crippen LogP contribution in [-0.4, -0.2) is 4.98 Å². The highest BCUT2D eigenvalue weighted by atomic mass is 14.7. The summed E-state index contributed by atoms with van der Waals surface area (Å²) in [6.45, 7) is 3.67. The number of hydrogen-bond donors (Lipinski definition) is 1. The van der Waals surface area contributed by atoms with E-state index >= 15 is 0 Å². The fourth-order valence-corrected chi connectivity index (χ4v) is 1.43. The summed E-state index contributed by atoms with van der Waals surface area (Å²) >= 11 is 0. The van der Waals surface area contributed by atoms with Gasteiger partial charge in [-0.2, -0.15) is 0 Å². The van der Waals surface area contributed by atoms with Crippen molar-refractivity contribution in [3.8, 4) is 0 Å². The van der Waals surface area contributed by atoms with Crippen LogP contribution in [0.5, 0.6) is 0 Å². The van der Waals surface area contributed by atoms with E-state index in [1.807, 2.05) is 30.3 Å². The highest BCUT2D eigenvalue weighted by Gasteiger charge is 2.01. The lowest BCUT2D eigenvalue weighted by molar-refractivity contribution is 0.916. The average molecular weight is 184 g/mol. The molecule has 14 heavy (non-hydrogen) atoms. The van der Waals surface area contributed by atoms with Gasteiger partial charge in [-0.1, -0.05) is 24.3 Å². The second kappa shape index (κ2) is 3.60. The van der Waals surface area contributed by atoms with Crippen molar-refractivity contribution in [3.63, 3.8) is 0 Å². The lowest BCUT2D eigenvalue weighted by atomic mass is 10.1. The highest BCUT2D eigenvalue weighted by Crippen LogP contribution is 2.17. The van der Waals surface area contributed by atoms with E-state index in [2.05, 4.69) is 11.6 Å². The van der Waals surface area contributed by atoms with Gasteiger partial charge < -0.3 is 5.73 Å². The number of hydrogen-bond acceptors (Lipinski definition) is 2. The molecule has 2 N–H and O–H groups in total. The van der Waals surface area contributed by atoms with Gasteiger partial charge in [-0.3, -0.25) is 4.98 Å². The van der Waals surface area contributed by atoms with Crippen LogP contribution in [0, 0.1) is 0 Å². The minimum atomic E-state index is -0.110. The zero-order valence-electron chi connectivity index (χ0n) is 7.85. The molecule has 0 unspecified atom stereocenters. The third-order valence-electron chi connectivity index (χ3n) is 2.27. The van der Waals surface area contributed by atoms with E-state index in [1.165, 1.54) is 0 Å². The van der Waals surface area contributed by atoms with Gasteiger partial charge in [-0.05, 0) is 17.7 Å². The van der Waals surface area contributed by atoms with Crippen molar-refractivity contribution in [2.75, 3.05) is 0 Å². The molecule has 1 atom stereocenters. The third-order valence-corrected chi connectivity index (χ3v) is 2.27. The summed E-state index contributed by atoms with van der Waals surface area (Å²) in [5.41, 5.74) is 7.86. The first-order valence-corrected chi connectivity index (χ1v) is 4.54. The van der Waals surface area contributed by atoms with Gasteiger partial charge in [0.05, 0.1) is 5.52 Å². The molecule has 1 aromatic heterocycles. The monoisotopic (exact) mass is 184 g/mol. The van der Waals surface area contributed by atoms with Gasteiger partial charge in [0.2, 0.25) is 0 Å². The number of nitrogens with zero attached hydrogens (tertiary/aromatic N) is 1. The fourth-order valence-electron chi connectivity index (χ4n) is 1.43. The van der Waals surface area contributed by atoms with Crippen molar-refractivity contribution in [2.45, 2.75) is 6.04 Å². The molecule has 2 rings (SSSR count). The summed E-state index contributed by atoms with van der Waals surface area (Å²) in [6, 6.07) is 9.89. The Labute approximate surface area is 83.1 Å². The number of pyridine rings is 1. The Morgan fingerprint density at radius 2 is 2.21 bits per heavy atom. The third kappa shape index (κ3) is 1.52. The zero-order valence-corrected chi connectivity index (χ0v) is 7.85. The van der Waals surface area contributed by atoms with Crippen LogP contribution in [0.15, 0.2) is 49.2 Å². The number of benzene rings is 1. The summed E-state index contributed by atoms with van der Waals surface area (Å²) < 4.78 is 0. The minimum absolute atomic E-state index is 0.110. The van der Waals surface area contributed by atoms with Crippen molar-refractivity contribution in [3.05, 3.63) is 54.7 Å². The van der Waals surface area contributed by atoms with E-state index in [1.54, 1.807) is 12.3 Å². The molecule has 0 saturated carbocycles. The molecule has 0 radical (unpaired) electrons. The quantitative estimate of drug-likeness (QED) is 0.728. The molecule has 1 heterocycles. The van der Waals surface area contributed by atoms with Crippen molar-refractivity contribution in [1.82, 2.24) is 4.98 Å². The average Bonchev–Trinajstić information content (AvgIpc) is 2.27. The Bertz CT molecular complexity index is 463. The summed E-state index contributed by atoms with van der Waals surface area (Å²) in [7, 11) is 0. The number of rotatable bonds is 2. The van der Waals surface area contributed by atoms with E-state index in [9.17, 15) is 0 Å². The maximum absolute atomic E-state index is 5.84. The van der Waals surface area contributed by atoms with Gasteiger partial charge in [0.1, 0.15) is 0 Å². The second-order valence-electron chi connectivity index (χ2n) is 3.22. The van der Waals surface area contributed by atoms with E-state index in [0.29, 0.717) is 0 Å². The van der Waals surface area contributed by atoms with Crippen LogP contribution >= 0.6 is 0 Å². The molecule has 1 aromatic carbocycles. The van der Waals surface area contributed by atoms with Crippen LogP contribution < -0.4 is 5.73 Å². The van der Waals surface area contributed by atoms with Gasteiger partial charge in [-0.25, -0.2) is 0 Å². The molecule has 2 aromatic rings. The molecule has 70 valence electrons. The molecule has 0 spiro atoms. The Kier molecular flexibility index (Phi) is 2.29. The minimum Gasteiger partial charge on any atom is -0.321 e. The lowest BCUT2D eigenvalue weighted by Gasteiger charge is -2.06. The van der Waals surface area contributed by atoms with Crippen molar-refractivity contribution < 1.29 is 0 Å². The van der Waals surface area contributed by atoms with Crippen LogP contribution in [0.2, 0.25) is 0 Å². The van der Waals surface area contributed by atoms with Crippen LogP contribution in [0.1, 0.15) is 11.6 Å². The molecule has 0 aliphatic heterocycles. The first-order valence-electron chi connectivity index (χ1n) is 4.54. The first kappa shape index (κ1) is 8.91. The summed E-state index contributed by atoms with van der Waals surface area (Å²) in [5, 5.41) is 1.13. The molecule has 0 aliphatic carbocycles. The van der Waals surface area contributed by atoms with Gasteiger partial charge in [0.15, 0.2) is 0 Å².